The number of aryl methyl sites for hydroxylation is 4. The van der Waals surface area contributed by atoms with Gasteiger partial charge in [-0.25, -0.2) is 8.42 Å². The van der Waals surface area contributed by atoms with Gasteiger partial charge in [0, 0.05) is 12.1 Å². The van der Waals surface area contributed by atoms with Gasteiger partial charge in [-0.3, -0.25) is 9.10 Å². The van der Waals surface area contributed by atoms with E-state index in [-0.39, 0.29) is 12.5 Å². The van der Waals surface area contributed by atoms with Gasteiger partial charge in [0.05, 0.1) is 18.5 Å². The first-order valence-corrected chi connectivity index (χ1v) is 13.0. The maximum atomic E-state index is 12.5. The molecule has 0 aliphatic heterocycles. The monoisotopic (exact) mass is 464 g/mol. The summed E-state index contributed by atoms with van der Waals surface area (Å²) in [5.74, 6) is -0.125. The standard InChI is InChI=1S/C27H32N2O3S/c1-20-7-5-8-23(17-20)9-6-16-28-27(30)25-13-11-24(12-14-25)19-29(33(4,31)32)26-15-10-21(2)22(3)18-26/h5,7-8,10-15,17-18H,6,9,16,19H2,1-4H3,(H,28,30). The normalized spacial score (nSPS) is 11.3. The van der Waals surface area contributed by atoms with Crippen LogP contribution < -0.4 is 9.62 Å². The van der Waals surface area contributed by atoms with Gasteiger partial charge in [-0.05, 0) is 80.1 Å². The third kappa shape index (κ3) is 6.93. The van der Waals surface area contributed by atoms with E-state index in [4.69, 9.17) is 0 Å². The Bertz CT molecular complexity index is 1220. The minimum Gasteiger partial charge on any atom is -0.352 e. The fraction of sp³-hybridized carbons (Fsp3) is 0.296. The van der Waals surface area contributed by atoms with Gasteiger partial charge < -0.3 is 5.32 Å². The Balaban J connectivity index is 1.59. The summed E-state index contributed by atoms with van der Waals surface area (Å²) in [6.07, 6.45) is 2.99. The molecule has 0 bridgehead atoms. The van der Waals surface area contributed by atoms with Crippen molar-refractivity contribution in [1.82, 2.24) is 5.32 Å². The molecule has 0 aliphatic carbocycles. The molecule has 0 saturated carbocycles. The van der Waals surface area contributed by atoms with Gasteiger partial charge in [-0.2, -0.15) is 0 Å². The average Bonchev–Trinajstić information content (AvgIpc) is 2.76. The summed E-state index contributed by atoms with van der Waals surface area (Å²) < 4.78 is 26.3. The highest BCUT2D eigenvalue weighted by atomic mass is 32.2. The average molecular weight is 465 g/mol. The van der Waals surface area contributed by atoms with E-state index in [0.29, 0.717) is 17.8 Å². The molecule has 0 atom stereocenters. The number of anilines is 1. The topological polar surface area (TPSA) is 66.5 Å². The van der Waals surface area contributed by atoms with Gasteiger partial charge in [0.15, 0.2) is 0 Å². The Morgan fingerprint density at radius 3 is 2.24 bits per heavy atom. The highest BCUT2D eigenvalue weighted by Crippen LogP contribution is 2.23. The number of hydrogen-bond donors (Lipinski definition) is 1. The predicted molar refractivity (Wildman–Crippen MR) is 135 cm³/mol. The molecule has 33 heavy (non-hydrogen) atoms. The lowest BCUT2D eigenvalue weighted by atomic mass is 10.1. The molecule has 0 spiro atoms. The summed E-state index contributed by atoms with van der Waals surface area (Å²) in [5, 5.41) is 2.96. The van der Waals surface area contributed by atoms with Crippen molar-refractivity contribution in [3.05, 3.63) is 100 Å². The number of carbonyl (C=O) groups excluding carboxylic acids is 1. The molecule has 0 fully saturated rings. The molecule has 0 aliphatic rings. The third-order valence-corrected chi connectivity index (χ3v) is 6.87. The van der Waals surface area contributed by atoms with Crippen molar-refractivity contribution >= 4 is 21.6 Å². The van der Waals surface area contributed by atoms with Gasteiger partial charge >= 0.3 is 0 Å². The lowest BCUT2D eigenvalue weighted by Crippen LogP contribution is -2.29. The van der Waals surface area contributed by atoms with Gasteiger partial charge in [-0.15, -0.1) is 0 Å². The summed E-state index contributed by atoms with van der Waals surface area (Å²) in [7, 11) is -3.46. The second kappa shape index (κ2) is 10.7. The molecule has 174 valence electrons. The molecule has 0 aromatic heterocycles. The van der Waals surface area contributed by atoms with E-state index in [1.165, 1.54) is 21.7 Å². The minimum absolute atomic E-state index is 0.125. The zero-order valence-electron chi connectivity index (χ0n) is 19.8. The first kappa shape index (κ1) is 24.5. The van der Waals surface area contributed by atoms with Gasteiger partial charge in [0.1, 0.15) is 0 Å². The SMILES string of the molecule is Cc1cccc(CCCNC(=O)c2ccc(CN(c3ccc(C)c(C)c3)S(C)(=O)=O)cc2)c1. The predicted octanol–water partition coefficient (Wildman–Crippen LogP) is 4.94. The van der Waals surface area contributed by atoms with Crippen LogP contribution in [0, 0.1) is 20.8 Å². The molecule has 0 unspecified atom stereocenters. The summed E-state index contributed by atoms with van der Waals surface area (Å²) in [6, 6.07) is 21.1. The summed E-state index contributed by atoms with van der Waals surface area (Å²) in [4.78, 5) is 12.5. The van der Waals surface area contributed by atoms with Crippen molar-refractivity contribution in [2.45, 2.75) is 40.2 Å². The van der Waals surface area contributed by atoms with Crippen LogP contribution in [0.15, 0.2) is 66.7 Å². The van der Waals surface area contributed by atoms with E-state index in [9.17, 15) is 13.2 Å². The van der Waals surface area contributed by atoms with Crippen LogP contribution in [0.4, 0.5) is 5.69 Å². The Morgan fingerprint density at radius 1 is 0.879 bits per heavy atom. The molecule has 3 rings (SSSR count). The second-order valence-electron chi connectivity index (χ2n) is 8.58. The van der Waals surface area contributed by atoms with Crippen molar-refractivity contribution < 1.29 is 13.2 Å². The third-order valence-electron chi connectivity index (χ3n) is 5.73. The highest BCUT2D eigenvalue weighted by molar-refractivity contribution is 7.92. The Morgan fingerprint density at radius 2 is 1.61 bits per heavy atom. The van der Waals surface area contributed by atoms with E-state index < -0.39 is 10.0 Å². The number of hydrogen-bond acceptors (Lipinski definition) is 3. The first-order chi connectivity index (χ1) is 15.6. The van der Waals surface area contributed by atoms with Crippen LogP contribution >= 0.6 is 0 Å². The minimum atomic E-state index is -3.46. The number of rotatable bonds is 9. The lowest BCUT2D eigenvalue weighted by molar-refractivity contribution is 0.0953. The molecule has 0 saturated heterocycles. The molecule has 0 heterocycles. The number of nitrogens with zero attached hydrogens (tertiary/aromatic N) is 1. The Kier molecular flexibility index (Phi) is 7.92. The first-order valence-electron chi connectivity index (χ1n) is 11.1. The second-order valence-corrected chi connectivity index (χ2v) is 10.5. The number of sulfonamides is 1. The molecule has 1 N–H and O–H groups in total. The number of carbonyl (C=O) groups is 1. The highest BCUT2D eigenvalue weighted by Gasteiger charge is 2.18. The van der Waals surface area contributed by atoms with E-state index in [1.807, 2.05) is 32.0 Å². The molecule has 3 aromatic carbocycles. The van der Waals surface area contributed by atoms with E-state index in [0.717, 1.165) is 29.5 Å². The lowest BCUT2D eigenvalue weighted by Gasteiger charge is -2.23. The van der Waals surface area contributed by atoms with Gasteiger partial charge in [-0.1, -0.05) is 48.0 Å². The van der Waals surface area contributed by atoms with E-state index in [2.05, 4.69) is 36.5 Å². The smallest absolute Gasteiger partial charge is 0.251 e. The molecule has 0 radical (unpaired) electrons. The molecular formula is C27H32N2O3S. The van der Waals surface area contributed by atoms with Crippen LogP contribution in [0.25, 0.3) is 0 Å². The van der Waals surface area contributed by atoms with Crippen LogP contribution in [0.1, 0.15) is 44.6 Å². The molecule has 6 heteroatoms. The van der Waals surface area contributed by atoms with Crippen LogP contribution in [0.5, 0.6) is 0 Å². The van der Waals surface area contributed by atoms with E-state index in [1.54, 1.807) is 24.3 Å². The number of amides is 1. The molecule has 3 aromatic rings. The van der Waals surface area contributed by atoms with Crippen LogP contribution in [0.3, 0.4) is 0 Å². The van der Waals surface area contributed by atoms with Gasteiger partial charge in [0.2, 0.25) is 10.0 Å². The maximum Gasteiger partial charge on any atom is 0.251 e. The zero-order valence-corrected chi connectivity index (χ0v) is 20.6. The fourth-order valence-corrected chi connectivity index (χ4v) is 4.55. The van der Waals surface area contributed by atoms with Crippen molar-refractivity contribution in [1.29, 1.82) is 0 Å². The fourth-order valence-electron chi connectivity index (χ4n) is 3.67. The summed E-state index contributed by atoms with van der Waals surface area (Å²) in [6.45, 7) is 6.85. The Labute approximate surface area is 197 Å². The van der Waals surface area contributed by atoms with Gasteiger partial charge in [0.25, 0.3) is 5.91 Å². The molecule has 1 amide bonds. The van der Waals surface area contributed by atoms with Crippen LogP contribution in [-0.4, -0.2) is 27.1 Å². The largest absolute Gasteiger partial charge is 0.352 e. The summed E-state index contributed by atoms with van der Waals surface area (Å²) in [5.41, 5.74) is 6.67. The molecular weight excluding hydrogens is 432 g/mol. The van der Waals surface area contributed by atoms with Crippen molar-refractivity contribution in [2.24, 2.45) is 0 Å². The maximum absolute atomic E-state index is 12.5. The number of nitrogens with one attached hydrogen (secondary N) is 1. The zero-order chi connectivity index (χ0) is 24.0. The van der Waals surface area contributed by atoms with Crippen molar-refractivity contribution in [3.8, 4) is 0 Å². The van der Waals surface area contributed by atoms with Crippen LogP contribution in [-0.2, 0) is 23.0 Å². The molecule has 5 nitrogen and oxygen atoms in total. The summed E-state index contributed by atoms with van der Waals surface area (Å²) >= 11 is 0. The van der Waals surface area contributed by atoms with Crippen LogP contribution in [0.2, 0.25) is 0 Å². The quantitative estimate of drug-likeness (QED) is 0.456. The Hall–Kier alpha value is -3.12. The van der Waals surface area contributed by atoms with E-state index >= 15 is 0 Å². The number of benzene rings is 3. The van der Waals surface area contributed by atoms with Crippen molar-refractivity contribution in [3.63, 3.8) is 0 Å². The van der Waals surface area contributed by atoms with Crippen molar-refractivity contribution in [2.75, 3.05) is 17.1 Å².